The van der Waals surface area contributed by atoms with Crippen LogP contribution in [0.3, 0.4) is 0 Å². The SMILES string of the molecule is COC[C@@H]1[C@@H](c2ccc(-c3ccccc3CO)cc2)C2CN(S(=O)(=O)c3ccccc3C)CCCCN21. The molecular weight excluding hydrogens is 484 g/mol. The van der Waals surface area contributed by atoms with Gasteiger partial charge >= 0.3 is 0 Å². The van der Waals surface area contributed by atoms with Crippen molar-refractivity contribution in [3.63, 3.8) is 0 Å². The van der Waals surface area contributed by atoms with Crippen LogP contribution >= 0.6 is 0 Å². The van der Waals surface area contributed by atoms with Crippen LogP contribution in [0, 0.1) is 6.92 Å². The molecular formula is C30H36N2O4S. The van der Waals surface area contributed by atoms with Gasteiger partial charge in [-0.15, -0.1) is 0 Å². The third-order valence-corrected chi connectivity index (χ3v) is 10.0. The van der Waals surface area contributed by atoms with Gasteiger partial charge in [-0.3, -0.25) is 4.90 Å². The predicted octanol–water partition coefficient (Wildman–Crippen LogP) is 4.42. The first kappa shape index (κ1) is 26.1. The number of hydrogen-bond acceptors (Lipinski definition) is 5. The van der Waals surface area contributed by atoms with Gasteiger partial charge in [0.2, 0.25) is 10.0 Å². The van der Waals surface area contributed by atoms with Crippen LogP contribution in [-0.4, -0.2) is 68.2 Å². The number of methoxy groups -OCH3 is 1. The Hall–Kier alpha value is -2.55. The summed E-state index contributed by atoms with van der Waals surface area (Å²) in [6.07, 6.45) is 1.80. The summed E-state index contributed by atoms with van der Waals surface area (Å²) in [5.41, 5.74) is 4.97. The maximum absolute atomic E-state index is 13.7. The molecule has 3 aromatic rings. The van der Waals surface area contributed by atoms with Gasteiger partial charge < -0.3 is 9.84 Å². The summed E-state index contributed by atoms with van der Waals surface area (Å²) in [5.74, 6) is 0.176. The molecule has 196 valence electrons. The first-order valence-electron chi connectivity index (χ1n) is 13.0. The van der Waals surface area contributed by atoms with E-state index in [0.29, 0.717) is 24.6 Å². The first-order valence-corrected chi connectivity index (χ1v) is 14.5. The van der Waals surface area contributed by atoms with Crippen molar-refractivity contribution in [1.82, 2.24) is 9.21 Å². The lowest BCUT2D eigenvalue weighted by molar-refractivity contribution is -0.0635. The van der Waals surface area contributed by atoms with Crippen LogP contribution in [0.1, 0.15) is 35.4 Å². The number of hydrogen-bond donors (Lipinski definition) is 1. The summed E-state index contributed by atoms with van der Waals surface area (Å²) < 4.78 is 34.8. The highest BCUT2D eigenvalue weighted by Crippen LogP contribution is 2.43. The minimum absolute atomic E-state index is 0.00130. The maximum Gasteiger partial charge on any atom is 0.243 e. The number of aliphatic hydroxyl groups is 1. The molecule has 2 saturated heterocycles. The van der Waals surface area contributed by atoms with Crippen molar-refractivity contribution in [2.45, 2.75) is 49.3 Å². The van der Waals surface area contributed by atoms with E-state index in [1.807, 2.05) is 43.3 Å². The molecule has 0 saturated carbocycles. The highest BCUT2D eigenvalue weighted by atomic mass is 32.2. The highest BCUT2D eigenvalue weighted by Gasteiger charge is 2.50. The number of fused-ring (bicyclic) bond motifs is 1. The van der Waals surface area contributed by atoms with Crippen molar-refractivity contribution in [2.24, 2.45) is 0 Å². The van der Waals surface area contributed by atoms with Gasteiger partial charge in [0.05, 0.1) is 18.1 Å². The minimum atomic E-state index is -3.59. The zero-order valence-electron chi connectivity index (χ0n) is 21.6. The van der Waals surface area contributed by atoms with Crippen LogP contribution in [-0.2, 0) is 21.4 Å². The predicted molar refractivity (Wildman–Crippen MR) is 146 cm³/mol. The molecule has 0 bridgehead atoms. The molecule has 6 nitrogen and oxygen atoms in total. The van der Waals surface area contributed by atoms with Crippen molar-refractivity contribution in [3.05, 3.63) is 89.5 Å². The summed E-state index contributed by atoms with van der Waals surface area (Å²) in [5, 5.41) is 9.76. The van der Waals surface area contributed by atoms with Gasteiger partial charge in [-0.25, -0.2) is 8.42 Å². The minimum Gasteiger partial charge on any atom is -0.392 e. The second kappa shape index (κ2) is 11.1. The third-order valence-electron chi connectivity index (χ3n) is 7.99. The topological polar surface area (TPSA) is 70.1 Å². The Balaban J connectivity index is 1.45. The van der Waals surface area contributed by atoms with E-state index in [0.717, 1.165) is 41.6 Å². The monoisotopic (exact) mass is 520 g/mol. The summed E-state index contributed by atoms with van der Waals surface area (Å²) in [6, 6.07) is 24.0. The van der Waals surface area contributed by atoms with E-state index >= 15 is 0 Å². The van der Waals surface area contributed by atoms with Gasteiger partial charge in [-0.05, 0) is 60.2 Å². The normalized spacial score (nSPS) is 23.1. The van der Waals surface area contributed by atoms with E-state index in [1.54, 1.807) is 23.5 Å². The van der Waals surface area contributed by atoms with Crippen molar-refractivity contribution in [3.8, 4) is 11.1 Å². The van der Waals surface area contributed by atoms with Gasteiger partial charge in [0, 0.05) is 38.2 Å². The lowest BCUT2D eigenvalue weighted by Gasteiger charge is -2.57. The molecule has 2 heterocycles. The number of benzene rings is 3. The van der Waals surface area contributed by atoms with Crippen molar-refractivity contribution >= 4 is 10.0 Å². The summed E-state index contributed by atoms with van der Waals surface area (Å²) in [4.78, 5) is 2.85. The third kappa shape index (κ3) is 4.99. The molecule has 1 N–H and O–H groups in total. The van der Waals surface area contributed by atoms with Gasteiger partial charge in [-0.2, -0.15) is 4.31 Å². The molecule has 0 aliphatic carbocycles. The average molecular weight is 521 g/mol. The molecule has 0 radical (unpaired) electrons. The number of aryl methyl sites for hydroxylation is 1. The number of sulfonamides is 1. The Kier molecular flexibility index (Phi) is 7.79. The van der Waals surface area contributed by atoms with Crippen LogP contribution in [0.25, 0.3) is 11.1 Å². The van der Waals surface area contributed by atoms with E-state index in [9.17, 15) is 13.5 Å². The molecule has 7 heteroatoms. The average Bonchev–Trinajstić information content (AvgIpc) is 2.90. The quantitative estimate of drug-likeness (QED) is 0.499. The van der Waals surface area contributed by atoms with Crippen LogP contribution in [0.5, 0.6) is 0 Å². The molecule has 1 unspecified atom stereocenters. The molecule has 2 aliphatic heterocycles. The fraction of sp³-hybridized carbons (Fsp3) is 0.400. The molecule has 2 fully saturated rings. The Bertz CT molecular complexity index is 1330. The zero-order valence-corrected chi connectivity index (χ0v) is 22.4. The van der Waals surface area contributed by atoms with Crippen molar-refractivity contribution in [2.75, 3.05) is 33.4 Å². The molecule has 3 aromatic carbocycles. The van der Waals surface area contributed by atoms with Crippen LogP contribution in [0.15, 0.2) is 77.7 Å². The van der Waals surface area contributed by atoms with Crippen LogP contribution < -0.4 is 0 Å². The van der Waals surface area contributed by atoms with E-state index in [4.69, 9.17) is 4.74 Å². The standard InChI is InChI=1S/C30H36N2O4S/c1-22-9-3-6-12-29(22)37(34,35)31-17-7-8-18-32-27(19-31)30(28(32)21-36-2)24-15-13-23(14-16-24)26-11-5-4-10-25(26)20-33/h3-6,9-16,27-28,30,33H,7-8,17-21H2,1-2H3/t27?,28-,30+/m1/s1. The Morgan fingerprint density at radius 1 is 0.946 bits per heavy atom. The van der Waals surface area contributed by atoms with E-state index in [-0.39, 0.29) is 24.6 Å². The molecule has 5 rings (SSSR count). The molecule has 0 amide bonds. The van der Waals surface area contributed by atoms with Gasteiger partial charge in [-0.1, -0.05) is 66.7 Å². The first-order chi connectivity index (χ1) is 18.0. The fourth-order valence-electron chi connectivity index (χ4n) is 6.09. The number of nitrogens with zero attached hydrogens (tertiary/aromatic N) is 2. The summed E-state index contributed by atoms with van der Waals surface area (Å²) >= 11 is 0. The largest absolute Gasteiger partial charge is 0.392 e. The van der Waals surface area contributed by atoms with Crippen molar-refractivity contribution < 1.29 is 18.3 Å². The van der Waals surface area contributed by atoms with Gasteiger partial charge in [0.25, 0.3) is 0 Å². The van der Waals surface area contributed by atoms with Gasteiger partial charge in [0.15, 0.2) is 0 Å². The van der Waals surface area contributed by atoms with Crippen molar-refractivity contribution in [1.29, 1.82) is 0 Å². The lowest BCUT2D eigenvalue weighted by atomic mass is 9.74. The smallest absolute Gasteiger partial charge is 0.243 e. The second-order valence-electron chi connectivity index (χ2n) is 10.1. The molecule has 2 aliphatic rings. The van der Waals surface area contributed by atoms with E-state index in [1.165, 1.54) is 5.56 Å². The Labute approximate surface area is 220 Å². The number of rotatable bonds is 7. The Morgan fingerprint density at radius 3 is 2.38 bits per heavy atom. The zero-order chi connectivity index (χ0) is 26.0. The van der Waals surface area contributed by atoms with Crippen LogP contribution in [0.4, 0.5) is 0 Å². The molecule has 3 atom stereocenters. The van der Waals surface area contributed by atoms with Gasteiger partial charge in [0.1, 0.15) is 0 Å². The summed E-state index contributed by atoms with van der Waals surface area (Å²) in [6.45, 7) is 4.44. The van der Waals surface area contributed by atoms with E-state index in [2.05, 4.69) is 29.2 Å². The molecule has 0 aromatic heterocycles. The van der Waals surface area contributed by atoms with Crippen LogP contribution in [0.2, 0.25) is 0 Å². The number of ether oxygens (including phenoxy) is 1. The molecule has 37 heavy (non-hydrogen) atoms. The maximum atomic E-state index is 13.7. The summed E-state index contributed by atoms with van der Waals surface area (Å²) in [7, 11) is -1.85. The molecule has 0 spiro atoms. The number of aliphatic hydroxyl groups excluding tert-OH is 1. The fourth-order valence-corrected chi connectivity index (χ4v) is 7.81. The highest BCUT2D eigenvalue weighted by molar-refractivity contribution is 7.89. The van der Waals surface area contributed by atoms with E-state index < -0.39 is 10.0 Å². The lowest BCUT2D eigenvalue weighted by Crippen LogP contribution is -2.68. The second-order valence-corrected chi connectivity index (χ2v) is 12.0. The Morgan fingerprint density at radius 2 is 1.65 bits per heavy atom.